The fourth-order valence-electron chi connectivity index (χ4n) is 5.19. The molecule has 27 heavy (non-hydrogen) atoms. The van der Waals surface area contributed by atoms with Gasteiger partial charge in [-0.15, -0.1) is 0 Å². The molecule has 146 valence electrons. The van der Waals surface area contributed by atoms with Crippen LogP contribution in [0.15, 0.2) is 18.2 Å². The average Bonchev–Trinajstić information content (AvgIpc) is 3.19. The Kier molecular flexibility index (Phi) is 4.84. The molecule has 4 rings (SSSR count). The SMILES string of the molecule is CCOC(=O)C[C@H]1CCN(C2CCC3(CC2)C(=O)Nc2cc(O)ccc23)C1. The van der Waals surface area contributed by atoms with Crippen molar-refractivity contribution in [3.63, 3.8) is 0 Å². The molecule has 0 aromatic heterocycles. The monoisotopic (exact) mass is 372 g/mol. The molecule has 0 bridgehead atoms. The molecular weight excluding hydrogens is 344 g/mol. The Morgan fingerprint density at radius 3 is 2.85 bits per heavy atom. The van der Waals surface area contributed by atoms with Gasteiger partial charge in [-0.25, -0.2) is 0 Å². The van der Waals surface area contributed by atoms with Crippen LogP contribution in [0.2, 0.25) is 0 Å². The zero-order valence-corrected chi connectivity index (χ0v) is 15.9. The third-order valence-electron chi connectivity index (χ3n) is 6.60. The number of benzene rings is 1. The topological polar surface area (TPSA) is 78.9 Å². The molecule has 1 aromatic rings. The van der Waals surface area contributed by atoms with Gasteiger partial charge in [-0.1, -0.05) is 6.07 Å². The molecule has 2 heterocycles. The summed E-state index contributed by atoms with van der Waals surface area (Å²) >= 11 is 0. The van der Waals surface area contributed by atoms with Gasteiger partial charge in [0.05, 0.1) is 12.0 Å². The molecule has 1 atom stereocenters. The molecule has 0 unspecified atom stereocenters. The predicted molar refractivity (Wildman–Crippen MR) is 102 cm³/mol. The highest BCUT2D eigenvalue weighted by molar-refractivity contribution is 6.06. The molecule has 1 saturated carbocycles. The lowest BCUT2D eigenvalue weighted by Gasteiger charge is -2.39. The van der Waals surface area contributed by atoms with Crippen molar-refractivity contribution in [2.75, 3.05) is 25.0 Å². The third kappa shape index (κ3) is 3.31. The number of anilines is 1. The van der Waals surface area contributed by atoms with Crippen molar-refractivity contribution >= 4 is 17.6 Å². The summed E-state index contributed by atoms with van der Waals surface area (Å²) in [7, 11) is 0. The van der Waals surface area contributed by atoms with Crippen molar-refractivity contribution in [3.05, 3.63) is 23.8 Å². The lowest BCUT2D eigenvalue weighted by Crippen LogP contribution is -2.44. The number of likely N-dealkylation sites (tertiary alicyclic amines) is 1. The van der Waals surface area contributed by atoms with Crippen LogP contribution >= 0.6 is 0 Å². The number of hydrogen-bond acceptors (Lipinski definition) is 5. The lowest BCUT2D eigenvalue weighted by atomic mass is 9.68. The number of phenols is 1. The number of ether oxygens (including phenoxy) is 1. The Balaban J connectivity index is 1.38. The predicted octanol–water partition coefficient (Wildman–Crippen LogP) is 2.80. The zero-order chi connectivity index (χ0) is 19.0. The van der Waals surface area contributed by atoms with E-state index >= 15 is 0 Å². The fraction of sp³-hybridized carbons (Fsp3) is 0.619. The van der Waals surface area contributed by atoms with E-state index in [1.165, 1.54) is 0 Å². The number of phenolic OH excluding ortho intramolecular Hbond substituents is 1. The first-order chi connectivity index (χ1) is 13.0. The molecule has 1 saturated heterocycles. The van der Waals surface area contributed by atoms with E-state index in [1.807, 2.05) is 13.0 Å². The van der Waals surface area contributed by atoms with Crippen LogP contribution in [0.25, 0.3) is 0 Å². The van der Waals surface area contributed by atoms with Gasteiger partial charge in [0.1, 0.15) is 5.75 Å². The molecule has 2 aliphatic heterocycles. The minimum Gasteiger partial charge on any atom is -0.508 e. The van der Waals surface area contributed by atoms with Crippen molar-refractivity contribution in [3.8, 4) is 5.75 Å². The number of aromatic hydroxyl groups is 1. The second-order valence-electron chi connectivity index (χ2n) is 8.16. The minimum atomic E-state index is -0.441. The van der Waals surface area contributed by atoms with Crippen molar-refractivity contribution in [1.29, 1.82) is 0 Å². The first-order valence-corrected chi connectivity index (χ1v) is 10.1. The lowest BCUT2D eigenvalue weighted by molar-refractivity contribution is -0.144. The van der Waals surface area contributed by atoms with Crippen LogP contribution in [0.3, 0.4) is 0 Å². The summed E-state index contributed by atoms with van der Waals surface area (Å²) in [5.41, 5.74) is 1.35. The van der Waals surface area contributed by atoms with E-state index in [0.717, 1.165) is 56.4 Å². The van der Waals surface area contributed by atoms with E-state index < -0.39 is 5.41 Å². The van der Waals surface area contributed by atoms with Crippen LogP contribution in [0.5, 0.6) is 5.75 Å². The maximum Gasteiger partial charge on any atom is 0.306 e. The van der Waals surface area contributed by atoms with Gasteiger partial charge in [0.15, 0.2) is 0 Å². The second-order valence-corrected chi connectivity index (χ2v) is 8.16. The molecule has 0 radical (unpaired) electrons. The second kappa shape index (κ2) is 7.15. The number of esters is 1. The summed E-state index contributed by atoms with van der Waals surface area (Å²) < 4.78 is 5.08. The highest BCUT2D eigenvalue weighted by atomic mass is 16.5. The van der Waals surface area contributed by atoms with Crippen molar-refractivity contribution in [2.45, 2.75) is 56.9 Å². The molecule has 1 amide bonds. The smallest absolute Gasteiger partial charge is 0.306 e. The van der Waals surface area contributed by atoms with Crippen LogP contribution in [-0.2, 0) is 19.7 Å². The van der Waals surface area contributed by atoms with Gasteiger partial charge in [0, 0.05) is 30.8 Å². The minimum absolute atomic E-state index is 0.0724. The van der Waals surface area contributed by atoms with Crippen LogP contribution in [0.4, 0.5) is 5.69 Å². The van der Waals surface area contributed by atoms with E-state index in [9.17, 15) is 14.7 Å². The van der Waals surface area contributed by atoms with Crippen LogP contribution in [0, 0.1) is 5.92 Å². The molecule has 1 aromatic carbocycles. The average molecular weight is 372 g/mol. The van der Waals surface area contributed by atoms with E-state index in [-0.39, 0.29) is 17.6 Å². The molecule has 1 spiro atoms. The van der Waals surface area contributed by atoms with Gasteiger partial charge in [0.25, 0.3) is 0 Å². The quantitative estimate of drug-likeness (QED) is 0.795. The van der Waals surface area contributed by atoms with Crippen molar-refractivity contribution in [1.82, 2.24) is 4.90 Å². The van der Waals surface area contributed by atoms with Gasteiger partial charge < -0.3 is 20.1 Å². The molecule has 2 N–H and O–H groups in total. The summed E-state index contributed by atoms with van der Waals surface area (Å²) in [5, 5.41) is 12.6. The largest absolute Gasteiger partial charge is 0.508 e. The maximum atomic E-state index is 12.7. The number of amides is 1. The van der Waals surface area contributed by atoms with Gasteiger partial charge in [-0.05, 0) is 63.1 Å². The zero-order valence-electron chi connectivity index (χ0n) is 15.9. The van der Waals surface area contributed by atoms with Gasteiger partial charge in [-0.2, -0.15) is 0 Å². The van der Waals surface area contributed by atoms with Crippen molar-refractivity contribution < 1.29 is 19.4 Å². The number of nitrogens with one attached hydrogen (secondary N) is 1. The van der Waals surface area contributed by atoms with Crippen LogP contribution in [-0.4, -0.2) is 47.6 Å². The Bertz CT molecular complexity index is 740. The Morgan fingerprint density at radius 1 is 1.33 bits per heavy atom. The molecular formula is C21H28N2O4. The Morgan fingerprint density at radius 2 is 2.11 bits per heavy atom. The molecule has 3 aliphatic rings. The number of rotatable bonds is 4. The van der Waals surface area contributed by atoms with E-state index in [1.54, 1.807) is 12.1 Å². The highest BCUT2D eigenvalue weighted by Crippen LogP contribution is 2.49. The summed E-state index contributed by atoms with van der Waals surface area (Å²) in [6.07, 6.45) is 5.20. The standard InChI is InChI=1S/C21H28N2O4/c1-2-27-19(25)11-14-7-10-23(13-14)15-5-8-21(9-6-15)17-4-3-16(24)12-18(17)22-20(21)26/h3-4,12,14-15,24H,2,5-11,13H2,1H3,(H,22,26)/t14-,15?,21?/m1/s1. The van der Waals surface area contributed by atoms with Gasteiger partial charge in [-0.3, -0.25) is 9.59 Å². The first kappa shape index (κ1) is 18.3. The summed E-state index contributed by atoms with van der Waals surface area (Å²) in [5.74, 6) is 0.556. The first-order valence-electron chi connectivity index (χ1n) is 10.1. The van der Waals surface area contributed by atoms with Crippen LogP contribution in [0.1, 0.15) is 51.0 Å². The van der Waals surface area contributed by atoms with Crippen molar-refractivity contribution in [2.24, 2.45) is 5.92 Å². The number of carbonyl (C=O) groups is 2. The summed E-state index contributed by atoms with van der Waals surface area (Å²) in [6.45, 7) is 4.27. The third-order valence-corrected chi connectivity index (χ3v) is 6.60. The fourth-order valence-corrected chi connectivity index (χ4v) is 5.19. The summed E-state index contributed by atoms with van der Waals surface area (Å²) in [4.78, 5) is 27.0. The Labute approximate surface area is 159 Å². The number of fused-ring (bicyclic) bond motifs is 2. The van der Waals surface area contributed by atoms with E-state index in [2.05, 4.69) is 10.2 Å². The molecule has 6 heteroatoms. The van der Waals surface area contributed by atoms with E-state index in [4.69, 9.17) is 4.74 Å². The number of nitrogens with zero attached hydrogens (tertiary/aromatic N) is 1. The maximum absolute atomic E-state index is 12.7. The normalized spacial score (nSPS) is 30.3. The Hall–Kier alpha value is -2.08. The number of hydrogen-bond donors (Lipinski definition) is 2. The highest BCUT2D eigenvalue weighted by Gasteiger charge is 2.49. The van der Waals surface area contributed by atoms with Gasteiger partial charge >= 0.3 is 5.97 Å². The molecule has 2 fully saturated rings. The van der Waals surface area contributed by atoms with Crippen LogP contribution < -0.4 is 5.32 Å². The molecule has 1 aliphatic carbocycles. The molecule has 6 nitrogen and oxygen atoms in total. The van der Waals surface area contributed by atoms with Gasteiger partial charge in [0.2, 0.25) is 5.91 Å². The number of carbonyl (C=O) groups excluding carboxylic acids is 2. The summed E-state index contributed by atoms with van der Waals surface area (Å²) in [6, 6.07) is 5.70. The van der Waals surface area contributed by atoms with E-state index in [0.29, 0.717) is 25.0 Å².